The van der Waals surface area contributed by atoms with E-state index in [4.69, 9.17) is 0 Å². The van der Waals surface area contributed by atoms with Crippen LogP contribution in [0, 0.1) is 30.6 Å². The van der Waals surface area contributed by atoms with Gasteiger partial charge in [0.1, 0.15) is 12.8 Å². The van der Waals surface area contributed by atoms with E-state index in [0.717, 1.165) is 39.0 Å². The van der Waals surface area contributed by atoms with E-state index in [9.17, 15) is 30.6 Å². The number of hydrogen-bond donors (Lipinski definition) is 8. The maximum absolute atomic E-state index is 12.5. The summed E-state index contributed by atoms with van der Waals surface area (Å²) in [6.45, 7) is 6.95. The molecule has 0 aromatic carbocycles. The van der Waals surface area contributed by atoms with Crippen molar-refractivity contribution < 1.29 is 14.7 Å². The second kappa shape index (κ2) is 19.0. The van der Waals surface area contributed by atoms with Crippen molar-refractivity contribution in [3.63, 3.8) is 0 Å². The van der Waals surface area contributed by atoms with Crippen molar-refractivity contribution in [2.24, 2.45) is 0 Å². The van der Waals surface area contributed by atoms with E-state index in [2.05, 4.69) is 42.5 Å². The van der Waals surface area contributed by atoms with Crippen LogP contribution in [-0.2, 0) is 0 Å². The highest BCUT2D eigenvalue weighted by Gasteiger charge is 2.51. The zero-order chi connectivity index (χ0) is 29.1. The van der Waals surface area contributed by atoms with Gasteiger partial charge in [0.05, 0.1) is 26.2 Å². The summed E-state index contributed by atoms with van der Waals surface area (Å²) in [6.07, 6.45) is 0.864. The Labute approximate surface area is 235 Å². The van der Waals surface area contributed by atoms with Crippen LogP contribution in [0.25, 0.3) is 0 Å². The largest absolute Gasteiger partial charge is 0.612 e. The van der Waals surface area contributed by atoms with E-state index < -0.39 is 44.4 Å². The quantitative estimate of drug-likeness (QED) is 0.0675. The minimum atomic E-state index is -1.75. The molecule has 232 valence electrons. The van der Waals surface area contributed by atoms with Crippen LogP contribution < -0.4 is 42.5 Å². The van der Waals surface area contributed by atoms with Crippen LogP contribution in [0.4, 0.5) is 0 Å². The van der Waals surface area contributed by atoms with Gasteiger partial charge in [-0.3, -0.25) is 20.2 Å². The molecular formula is C23H48N11O6-. The van der Waals surface area contributed by atoms with Gasteiger partial charge in [-0.1, -0.05) is 0 Å². The lowest BCUT2D eigenvalue weighted by Crippen LogP contribution is -2.60. The van der Waals surface area contributed by atoms with Crippen LogP contribution in [0.2, 0.25) is 0 Å². The molecule has 0 aromatic rings. The molecule has 2 fully saturated rings. The summed E-state index contributed by atoms with van der Waals surface area (Å²) >= 11 is 0. The molecule has 0 saturated carbocycles. The molecule has 0 radical (unpaired) electrons. The number of nitrogens with zero attached hydrogens (tertiary/aromatic N) is 3. The molecule has 0 amide bonds. The normalized spacial score (nSPS) is 23.1. The van der Waals surface area contributed by atoms with E-state index in [1.165, 1.54) is 0 Å². The van der Waals surface area contributed by atoms with Crippen molar-refractivity contribution in [3.05, 3.63) is 30.6 Å². The van der Waals surface area contributed by atoms with E-state index in [1.807, 2.05) is 0 Å². The molecule has 2 aliphatic rings. The van der Waals surface area contributed by atoms with Crippen molar-refractivity contribution in [3.8, 4) is 0 Å². The molecule has 17 heteroatoms. The molecule has 40 heavy (non-hydrogen) atoms. The number of nitro groups is 2. The first-order valence-electron chi connectivity index (χ1n) is 14.3. The predicted octanol–water partition coefficient (Wildman–Crippen LogP) is -3.23. The van der Waals surface area contributed by atoms with Crippen LogP contribution in [0.15, 0.2) is 0 Å². The summed E-state index contributed by atoms with van der Waals surface area (Å²) in [5.41, 5.74) is -3.92. The summed E-state index contributed by atoms with van der Waals surface area (Å²) in [5, 5.41) is 74.9. The lowest BCUT2D eigenvalue weighted by Gasteiger charge is -2.30. The highest BCUT2D eigenvalue weighted by Crippen LogP contribution is 2.22. The highest BCUT2D eigenvalue weighted by atomic mass is 16.8. The third kappa shape index (κ3) is 12.1. The van der Waals surface area contributed by atoms with Gasteiger partial charge in [-0.2, -0.15) is 4.90 Å². The predicted molar refractivity (Wildman–Crippen MR) is 153 cm³/mol. The fourth-order valence-electron chi connectivity index (χ4n) is 4.88. The summed E-state index contributed by atoms with van der Waals surface area (Å²) in [4.78, 5) is 23.3. The molecule has 2 saturated heterocycles. The number of hydrogen-bond acceptors (Lipinski definition) is 14. The van der Waals surface area contributed by atoms with Crippen molar-refractivity contribution in [2.75, 3.05) is 105 Å². The van der Waals surface area contributed by atoms with Gasteiger partial charge in [0.2, 0.25) is 0 Å². The van der Waals surface area contributed by atoms with Gasteiger partial charge < -0.3 is 52.9 Å². The zero-order valence-corrected chi connectivity index (χ0v) is 23.4. The van der Waals surface area contributed by atoms with Crippen molar-refractivity contribution >= 4 is 5.71 Å². The first-order chi connectivity index (χ1) is 19.3. The van der Waals surface area contributed by atoms with Gasteiger partial charge >= 0.3 is 0 Å². The van der Waals surface area contributed by atoms with Crippen LogP contribution in [-0.4, -0.2) is 136 Å². The smallest absolute Gasteiger partial charge is 0.256 e. The molecular weight excluding hydrogens is 526 g/mol. The van der Waals surface area contributed by atoms with Gasteiger partial charge in [-0.25, -0.2) is 0 Å². The second-order valence-electron chi connectivity index (χ2n) is 10.6. The molecule has 0 bridgehead atoms. The SMILES string of the molecule is O=[N+]([O-])C1(CC(CC2([N+](=O)[O-])CNCCNCCCNCCNC2)=[N+]([O-])[O-])CNCCNCCCNCCNC1. The maximum Gasteiger partial charge on any atom is 0.256 e. The molecule has 0 unspecified atom stereocenters. The Kier molecular flexibility index (Phi) is 16.1. The van der Waals surface area contributed by atoms with Gasteiger partial charge in [0.15, 0.2) is 5.71 Å². The van der Waals surface area contributed by atoms with Crippen molar-refractivity contribution in [2.45, 2.75) is 36.8 Å². The van der Waals surface area contributed by atoms with Crippen LogP contribution in [0.1, 0.15) is 25.7 Å². The number of rotatable bonds is 6. The molecule has 0 aromatic heterocycles. The molecule has 2 aliphatic heterocycles. The third-order valence-electron chi connectivity index (χ3n) is 7.24. The van der Waals surface area contributed by atoms with Crippen LogP contribution in [0.5, 0.6) is 0 Å². The topological polar surface area (TPSA) is 232 Å². The maximum atomic E-state index is 12.5. The third-order valence-corrected chi connectivity index (χ3v) is 7.24. The van der Waals surface area contributed by atoms with Gasteiger partial charge in [-0.15, -0.1) is 0 Å². The molecule has 0 spiro atoms. The number of nitrogens with one attached hydrogen (secondary N) is 8. The Morgan fingerprint density at radius 3 is 1.00 bits per heavy atom. The average molecular weight is 575 g/mol. The van der Waals surface area contributed by atoms with Crippen LogP contribution in [0.3, 0.4) is 0 Å². The Morgan fingerprint density at radius 2 is 0.750 bits per heavy atom. The molecule has 2 heterocycles. The van der Waals surface area contributed by atoms with Crippen molar-refractivity contribution in [1.29, 1.82) is 0 Å². The fourth-order valence-corrected chi connectivity index (χ4v) is 4.88. The Hall–Kier alpha value is -2.25. The van der Waals surface area contributed by atoms with Crippen molar-refractivity contribution in [1.82, 2.24) is 42.5 Å². The molecule has 0 atom stereocenters. The minimum absolute atomic E-state index is 0.112. The summed E-state index contributed by atoms with van der Waals surface area (Å²) in [5.74, 6) is 0. The standard InChI is InChI=1S/C23H48N11O6/c35-32(36)21(15-22(33(37)38)17-28-11-7-24-3-1-4-25-8-12-29-18-22)16-23(34(39)40)19-30-13-9-26-5-2-6-27-10-14-31-20-23/h24-31H,1-20H2/q-1. The van der Waals surface area contributed by atoms with E-state index in [0.29, 0.717) is 52.4 Å². The molecule has 0 aliphatic carbocycles. The molecule has 2 rings (SSSR count). The summed E-state index contributed by atoms with van der Waals surface area (Å²) < 4.78 is 0. The lowest BCUT2D eigenvalue weighted by molar-refractivity contribution is -0.569. The Morgan fingerprint density at radius 1 is 0.475 bits per heavy atom. The van der Waals surface area contributed by atoms with E-state index in [1.54, 1.807) is 0 Å². The van der Waals surface area contributed by atoms with Gasteiger partial charge in [0, 0.05) is 62.2 Å². The highest BCUT2D eigenvalue weighted by molar-refractivity contribution is 5.82. The fraction of sp³-hybridized carbons (Fsp3) is 0.957. The van der Waals surface area contributed by atoms with Gasteiger partial charge in [0.25, 0.3) is 11.1 Å². The molecule has 8 N–H and O–H groups in total. The van der Waals surface area contributed by atoms with Crippen LogP contribution >= 0.6 is 0 Å². The Balaban J connectivity index is 2.27. The summed E-state index contributed by atoms with van der Waals surface area (Å²) in [6, 6.07) is 0. The summed E-state index contributed by atoms with van der Waals surface area (Å²) in [7, 11) is 0. The first-order valence-corrected chi connectivity index (χ1v) is 14.3. The Bertz CT molecular complexity index is 700. The first kappa shape index (κ1) is 34.0. The van der Waals surface area contributed by atoms with Gasteiger partial charge in [-0.05, 0) is 39.0 Å². The zero-order valence-electron chi connectivity index (χ0n) is 23.4. The monoisotopic (exact) mass is 574 g/mol. The van der Waals surface area contributed by atoms with E-state index >= 15 is 0 Å². The van der Waals surface area contributed by atoms with E-state index in [-0.39, 0.29) is 26.2 Å². The second-order valence-corrected chi connectivity index (χ2v) is 10.6. The lowest BCUT2D eigenvalue weighted by atomic mass is 9.85. The minimum Gasteiger partial charge on any atom is -0.612 e. The average Bonchev–Trinajstić information content (AvgIpc) is 2.91. The molecule has 17 nitrogen and oxygen atoms in total.